The number of hydrogen-bond acceptors (Lipinski definition) is 4. The van der Waals surface area contributed by atoms with Gasteiger partial charge in [0.15, 0.2) is 0 Å². The van der Waals surface area contributed by atoms with E-state index in [2.05, 4.69) is 20.0 Å². The molecule has 0 radical (unpaired) electrons. The summed E-state index contributed by atoms with van der Waals surface area (Å²) in [4.78, 5) is 19.8. The Morgan fingerprint density at radius 2 is 1.85 bits per heavy atom. The van der Waals surface area contributed by atoms with Gasteiger partial charge in [0.25, 0.3) is 5.91 Å². The number of fused-ring (bicyclic) bond motifs is 1. The number of nitrogens with one attached hydrogen (secondary N) is 3. The number of aromatic amines is 1. The molecule has 5 rings (SSSR count). The number of carbonyl (C=O) groups excluding carboxylic acids is 1. The fraction of sp³-hybridized carbons (Fsp3) is 0.130. The van der Waals surface area contributed by atoms with Crippen molar-refractivity contribution in [2.75, 3.05) is 10.0 Å². The van der Waals surface area contributed by atoms with Crippen molar-refractivity contribution in [3.05, 3.63) is 78.1 Å². The number of hydrogen-bond donors (Lipinski definition) is 3. The molecule has 2 heterocycles. The van der Waals surface area contributed by atoms with Crippen molar-refractivity contribution in [3.8, 4) is 11.1 Å². The third kappa shape index (κ3) is 4.42. The standard InChI is InChI=1S/C23H18F2N4O3S/c24-15-2-6-18(19(25)11-15)13-7-8-26-22(10-13)28-23(30)21-9-14-1-3-16(12-20(14)27-21)29-33(31,32)17-4-5-17/h1-3,6-12,17,27,29H,4-5H2,(H,26,28,30). The number of halogens is 2. The molecule has 0 aliphatic heterocycles. The summed E-state index contributed by atoms with van der Waals surface area (Å²) in [7, 11) is -3.39. The van der Waals surface area contributed by atoms with Gasteiger partial charge in [0, 0.05) is 28.7 Å². The normalized spacial score (nSPS) is 13.8. The molecule has 1 aliphatic carbocycles. The Morgan fingerprint density at radius 1 is 1.03 bits per heavy atom. The van der Waals surface area contributed by atoms with E-state index in [-0.39, 0.29) is 22.3 Å². The molecule has 1 amide bonds. The number of rotatable bonds is 6. The summed E-state index contributed by atoms with van der Waals surface area (Å²) >= 11 is 0. The van der Waals surface area contributed by atoms with Crippen LogP contribution in [0.5, 0.6) is 0 Å². The van der Waals surface area contributed by atoms with Gasteiger partial charge in [-0.2, -0.15) is 0 Å². The van der Waals surface area contributed by atoms with Gasteiger partial charge in [-0.3, -0.25) is 9.52 Å². The summed E-state index contributed by atoms with van der Waals surface area (Å²) in [6.07, 6.45) is 2.73. The number of anilines is 2. The van der Waals surface area contributed by atoms with E-state index in [0.29, 0.717) is 29.6 Å². The third-order valence-corrected chi connectivity index (χ3v) is 7.20. The molecule has 3 N–H and O–H groups in total. The van der Waals surface area contributed by atoms with E-state index >= 15 is 0 Å². The lowest BCUT2D eigenvalue weighted by Crippen LogP contribution is -2.17. The Labute approximate surface area is 187 Å². The van der Waals surface area contributed by atoms with Crippen LogP contribution in [0.2, 0.25) is 0 Å². The van der Waals surface area contributed by atoms with Crippen LogP contribution in [0.15, 0.2) is 60.8 Å². The molecule has 0 spiro atoms. The molecule has 33 heavy (non-hydrogen) atoms. The molecule has 1 aliphatic rings. The molecule has 0 bridgehead atoms. The minimum Gasteiger partial charge on any atom is -0.350 e. The minimum atomic E-state index is -3.39. The second kappa shape index (κ2) is 7.96. The molecule has 0 unspecified atom stereocenters. The maximum atomic E-state index is 14.1. The molecule has 10 heteroatoms. The quantitative estimate of drug-likeness (QED) is 0.383. The maximum Gasteiger partial charge on any atom is 0.273 e. The number of sulfonamides is 1. The number of benzene rings is 2. The summed E-state index contributed by atoms with van der Waals surface area (Å²) in [5.74, 6) is -1.68. The summed E-state index contributed by atoms with van der Waals surface area (Å²) in [6.45, 7) is 0. The lowest BCUT2D eigenvalue weighted by molar-refractivity contribution is 0.102. The van der Waals surface area contributed by atoms with Crippen molar-refractivity contribution >= 4 is 38.3 Å². The van der Waals surface area contributed by atoms with Crippen LogP contribution in [0, 0.1) is 11.6 Å². The van der Waals surface area contributed by atoms with Crippen LogP contribution in [0.25, 0.3) is 22.0 Å². The average molecular weight is 468 g/mol. The second-order valence-electron chi connectivity index (χ2n) is 7.84. The van der Waals surface area contributed by atoms with E-state index in [9.17, 15) is 22.0 Å². The lowest BCUT2D eigenvalue weighted by Gasteiger charge is -2.07. The van der Waals surface area contributed by atoms with E-state index in [1.807, 2.05) is 0 Å². The topological polar surface area (TPSA) is 104 Å². The molecule has 1 fully saturated rings. The molecule has 4 aromatic rings. The van der Waals surface area contributed by atoms with Crippen molar-refractivity contribution in [3.63, 3.8) is 0 Å². The lowest BCUT2D eigenvalue weighted by atomic mass is 10.1. The van der Waals surface area contributed by atoms with Crippen LogP contribution >= 0.6 is 0 Å². The van der Waals surface area contributed by atoms with Gasteiger partial charge >= 0.3 is 0 Å². The number of pyridine rings is 1. The number of aromatic nitrogens is 2. The highest BCUT2D eigenvalue weighted by Gasteiger charge is 2.35. The molecule has 1 saturated carbocycles. The van der Waals surface area contributed by atoms with Crippen LogP contribution in [0.1, 0.15) is 23.3 Å². The van der Waals surface area contributed by atoms with Crippen molar-refractivity contribution in [2.24, 2.45) is 0 Å². The maximum absolute atomic E-state index is 14.1. The molecule has 0 saturated heterocycles. The number of amides is 1. The number of carbonyl (C=O) groups is 1. The second-order valence-corrected chi connectivity index (χ2v) is 9.80. The molecular formula is C23H18F2N4O3S. The molecule has 2 aromatic heterocycles. The van der Waals surface area contributed by atoms with Crippen molar-refractivity contribution in [2.45, 2.75) is 18.1 Å². The fourth-order valence-electron chi connectivity index (χ4n) is 3.51. The fourth-order valence-corrected chi connectivity index (χ4v) is 4.89. The van der Waals surface area contributed by atoms with E-state index in [1.54, 1.807) is 30.3 Å². The molecule has 0 atom stereocenters. The largest absolute Gasteiger partial charge is 0.350 e. The van der Waals surface area contributed by atoms with Gasteiger partial charge in [-0.1, -0.05) is 6.07 Å². The Morgan fingerprint density at radius 3 is 2.61 bits per heavy atom. The van der Waals surface area contributed by atoms with Crippen LogP contribution in [-0.2, 0) is 10.0 Å². The SMILES string of the molecule is O=C(Nc1cc(-c2ccc(F)cc2F)ccn1)c1cc2ccc(NS(=O)(=O)C3CC3)cc2[nH]1. The van der Waals surface area contributed by atoms with Crippen molar-refractivity contribution in [1.29, 1.82) is 0 Å². The average Bonchev–Trinajstić information content (AvgIpc) is 3.54. The number of nitrogens with zero attached hydrogens (tertiary/aromatic N) is 1. The van der Waals surface area contributed by atoms with Gasteiger partial charge in [0.1, 0.15) is 23.1 Å². The van der Waals surface area contributed by atoms with Gasteiger partial charge in [-0.15, -0.1) is 0 Å². The zero-order valence-corrected chi connectivity index (χ0v) is 17.9. The highest BCUT2D eigenvalue weighted by molar-refractivity contribution is 7.93. The van der Waals surface area contributed by atoms with Crippen LogP contribution in [-0.4, -0.2) is 29.5 Å². The monoisotopic (exact) mass is 468 g/mol. The van der Waals surface area contributed by atoms with Crippen molar-refractivity contribution < 1.29 is 22.0 Å². The summed E-state index contributed by atoms with van der Waals surface area (Å²) < 4.78 is 54.2. The Hall–Kier alpha value is -3.79. The van der Waals surface area contributed by atoms with Crippen molar-refractivity contribution in [1.82, 2.24) is 9.97 Å². The Kier molecular flexibility index (Phi) is 5.09. The van der Waals surface area contributed by atoms with Gasteiger partial charge < -0.3 is 10.3 Å². The van der Waals surface area contributed by atoms with Crippen LogP contribution in [0.4, 0.5) is 20.3 Å². The van der Waals surface area contributed by atoms with E-state index < -0.39 is 27.6 Å². The third-order valence-electron chi connectivity index (χ3n) is 5.33. The molecule has 7 nitrogen and oxygen atoms in total. The van der Waals surface area contributed by atoms with Crippen LogP contribution in [0.3, 0.4) is 0 Å². The molecule has 2 aromatic carbocycles. The first kappa shape index (κ1) is 21.1. The van der Waals surface area contributed by atoms with Gasteiger partial charge in [0.2, 0.25) is 10.0 Å². The van der Waals surface area contributed by atoms with E-state index in [1.165, 1.54) is 18.3 Å². The zero-order valence-electron chi connectivity index (χ0n) is 17.1. The zero-order chi connectivity index (χ0) is 23.2. The molecular weight excluding hydrogens is 450 g/mol. The van der Waals surface area contributed by atoms with E-state index in [4.69, 9.17) is 0 Å². The first-order valence-corrected chi connectivity index (χ1v) is 11.7. The predicted molar refractivity (Wildman–Crippen MR) is 121 cm³/mol. The van der Waals surface area contributed by atoms with Gasteiger partial charge in [0.05, 0.1) is 10.9 Å². The van der Waals surface area contributed by atoms with Gasteiger partial charge in [-0.25, -0.2) is 22.2 Å². The first-order valence-electron chi connectivity index (χ1n) is 10.2. The smallest absolute Gasteiger partial charge is 0.273 e. The van der Waals surface area contributed by atoms with Gasteiger partial charge in [-0.05, 0) is 60.9 Å². The minimum absolute atomic E-state index is 0.182. The predicted octanol–water partition coefficient (Wildman–Crippen LogP) is 4.66. The summed E-state index contributed by atoms with van der Waals surface area (Å²) in [5, 5.41) is 3.03. The Bertz CT molecular complexity index is 1500. The highest BCUT2D eigenvalue weighted by atomic mass is 32.2. The molecule has 168 valence electrons. The Balaban J connectivity index is 1.36. The van der Waals surface area contributed by atoms with Crippen LogP contribution < -0.4 is 10.0 Å². The summed E-state index contributed by atoms with van der Waals surface area (Å²) in [6, 6.07) is 12.9. The summed E-state index contributed by atoms with van der Waals surface area (Å²) in [5.41, 5.74) is 1.86. The highest BCUT2D eigenvalue weighted by Crippen LogP contribution is 2.30. The first-order chi connectivity index (χ1) is 15.8. The number of H-pyrrole nitrogens is 1. The van der Waals surface area contributed by atoms with E-state index in [0.717, 1.165) is 17.5 Å².